The predicted octanol–water partition coefficient (Wildman–Crippen LogP) is -1.00. The predicted molar refractivity (Wildman–Crippen MR) is 68.0 cm³/mol. The van der Waals surface area contributed by atoms with E-state index in [9.17, 15) is 4.79 Å². The number of amidine groups is 1. The fraction of sp³-hybridized carbons (Fsp3) is 0.0909. The second-order valence-corrected chi connectivity index (χ2v) is 3.33. The number of carboxylic acids is 1. The SMILES string of the molecule is C=CCN=C([S-])Nc1cccc(C(=O)O)c1.[Cu+].[H-].[Na+]. The number of rotatable bonds is 4. The van der Waals surface area contributed by atoms with E-state index in [1.54, 1.807) is 18.2 Å². The zero-order chi connectivity index (χ0) is 12.0. The van der Waals surface area contributed by atoms with Gasteiger partial charge in [-0.3, -0.25) is 4.99 Å². The Kier molecular flexibility index (Phi) is 11.7. The minimum absolute atomic E-state index is 0. The summed E-state index contributed by atoms with van der Waals surface area (Å²) in [4.78, 5) is 14.7. The molecule has 0 aromatic heterocycles. The van der Waals surface area contributed by atoms with Crippen molar-refractivity contribution < 1.29 is 58.0 Å². The Morgan fingerprint density at radius 1 is 1.61 bits per heavy atom. The van der Waals surface area contributed by atoms with Gasteiger partial charge in [0.2, 0.25) is 0 Å². The Morgan fingerprint density at radius 2 is 2.28 bits per heavy atom. The van der Waals surface area contributed by atoms with Crippen molar-refractivity contribution in [2.45, 2.75) is 0 Å². The maximum absolute atomic E-state index is 10.7. The van der Waals surface area contributed by atoms with Gasteiger partial charge in [0.1, 0.15) is 0 Å². The maximum atomic E-state index is 10.7. The second-order valence-electron chi connectivity index (χ2n) is 2.95. The Hall–Kier alpha value is -0.361. The van der Waals surface area contributed by atoms with Gasteiger partial charge in [-0.25, -0.2) is 4.79 Å². The number of aromatic carboxylic acids is 1. The molecular weight excluding hydrogens is 311 g/mol. The van der Waals surface area contributed by atoms with Crippen LogP contribution < -0.4 is 34.9 Å². The molecule has 0 radical (unpaired) electrons. The summed E-state index contributed by atoms with van der Waals surface area (Å²) in [5.41, 5.74) is 0.814. The summed E-state index contributed by atoms with van der Waals surface area (Å²) in [7, 11) is 0. The molecule has 1 rings (SSSR count). The summed E-state index contributed by atoms with van der Waals surface area (Å²) in [6, 6.07) is 6.37. The number of nitrogens with zero attached hydrogens (tertiary/aromatic N) is 1. The van der Waals surface area contributed by atoms with Crippen LogP contribution in [-0.2, 0) is 29.7 Å². The van der Waals surface area contributed by atoms with E-state index in [1.165, 1.54) is 12.1 Å². The number of nitrogens with one attached hydrogen (secondary N) is 1. The summed E-state index contributed by atoms with van der Waals surface area (Å²) >= 11 is 4.94. The smallest absolute Gasteiger partial charge is 1.00 e. The minimum Gasteiger partial charge on any atom is -1.00 e. The molecule has 0 unspecified atom stereocenters. The van der Waals surface area contributed by atoms with Crippen molar-refractivity contribution in [1.82, 2.24) is 0 Å². The van der Waals surface area contributed by atoms with Crippen LogP contribution in [0.4, 0.5) is 5.69 Å². The van der Waals surface area contributed by atoms with E-state index in [2.05, 4.69) is 16.9 Å². The Labute approximate surface area is 146 Å². The molecule has 0 saturated heterocycles. The van der Waals surface area contributed by atoms with E-state index in [1.807, 2.05) is 0 Å². The molecule has 0 amide bonds. The van der Waals surface area contributed by atoms with Gasteiger partial charge in [-0.05, 0) is 23.4 Å². The van der Waals surface area contributed by atoms with Gasteiger partial charge in [-0.2, -0.15) is 0 Å². The van der Waals surface area contributed by atoms with Crippen molar-refractivity contribution in [2.24, 2.45) is 4.99 Å². The molecule has 0 aliphatic heterocycles. The molecule has 1 aromatic carbocycles. The average Bonchev–Trinajstić information content (AvgIpc) is 2.26. The van der Waals surface area contributed by atoms with Crippen molar-refractivity contribution in [3.05, 3.63) is 42.5 Å². The quantitative estimate of drug-likeness (QED) is 0.245. The zero-order valence-electron chi connectivity index (χ0n) is 10.8. The number of hydrogen-bond donors (Lipinski definition) is 2. The number of benzene rings is 1. The van der Waals surface area contributed by atoms with Crippen molar-refractivity contribution in [1.29, 1.82) is 0 Å². The molecule has 2 N–H and O–H groups in total. The van der Waals surface area contributed by atoms with Gasteiger partial charge in [-0.1, -0.05) is 12.1 Å². The molecule has 0 spiro atoms. The molecule has 7 heteroatoms. The molecule has 96 valence electrons. The van der Waals surface area contributed by atoms with Gasteiger partial charge in [0.15, 0.2) is 0 Å². The molecule has 18 heavy (non-hydrogen) atoms. The van der Waals surface area contributed by atoms with Gasteiger partial charge < -0.3 is 24.5 Å². The first-order valence-electron chi connectivity index (χ1n) is 4.56. The molecule has 0 fully saturated rings. The Balaban J connectivity index is -0.000000853. The molecule has 0 bridgehead atoms. The van der Waals surface area contributed by atoms with Gasteiger partial charge in [0.25, 0.3) is 0 Å². The van der Waals surface area contributed by atoms with Crippen LogP contribution in [0.25, 0.3) is 0 Å². The molecule has 1 aromatic rings. The van der Waals surface area contributed by atoms with Crippen LogP contribution in [0.2, 0.25) is 0 Å². The van der Waals surface area contributed by atoms with Crippen molar-refractivity contribution in [3.63, 3.8) is 0 Å². The summed E-state index contributed by atoms with van der Waals surface area (Å²) in [5, 5.41) is 11.9. The Morgan fingerprint density at radius 3 is 2.83 bits per heavy atom. The van der Waals surface area contributed by atoms with Crippen LogP contribution in [0.5, 0.6) is 0 Å². The van der Waals surface area contributed by atoms with Crippen LogP contribution in [-0.4, -0.2) is 22.8 Å². The van der Waals surface area contributed by atoms with E-state index in [0.29, 0.717) is 17.4 Å². The Bertz CT molecular complexity index is 446. The normalized spacial score (nSPS) is 9.67. The van der Waals surface area contributed by atoms with Crippen LogP contribution in [0.3, 0.4) is 0 Å². The maximum Gasteiger partial charge on any atom is 1.00 e. The van der Waals surface area contributed by atoms with Crippen molar-refractivity contribution in [2.75, 3.05) is 11.9 Å². The number of aliphatic imine (C=N–C) groups is 1. The third-order valence-electron chi connectivity index (χ3n) is 1.72. The summed E-state index contributed by atoms with van der Waals surface area (Å²) in [5.74, 6) is -0.974. The fourth-order valence-corrected chi connectivity index (χ4v) is 1.23. The third kappa shape index (κ3) is 7.16. The van der Waals surface area contributed by atoms with Gasteiger partial charge >= 0.3 is 52.6 Å². The summed E-state index contributed by atoms with van der Waals surface area (Å²) < 4.78 is 0. The van der Waals surface area contributed by atoms with Crippen LogP contribution in [0.1, 0.15) is 11.8 Å². The molecule has 0 saturated carbocycles. The van der Waals surface area contributed by atoms with E-state index >= 15 is 0 Å². The minimum atomic E-state index is -0.974. The largest absolute Gasteiger partial charge is 1.00 e. The number of carbonyl (C=O) groups is 1. The number of anilines is 1. The molecule has 0 aliphatic carbocycles. The average molecular weight is 323 g/mol. The first kappa shape index (κ1) is 20.0. The summed E-state index contributed by atoms with van der Waals surface area (Å²) in [6.07, 6.45) is 1.63. The van der Waals surface area contributed by atoms with E-state index in [4.69, 9.17) is 17.7 Å². The monoisotopic (exact) mass is 322 g/mol. The van der Waals surface area contributed by atoms with Gasteiger partial charge in [-0.15, -0.1) is 6.58 Å². The third-order valence-corrected chi connectivity index (χ3v) is 1.96. The fourth-order valence-electron chi connectivity index (χ4n) is 1.04. The van der Waals surface area contributed by atoms with Crippen molar-refractivity contribution in [3.8, 4) is 0 Å². The van der Waals surface area contributed by atoms with Gasteiger partial charge in [0.05, 0.1) is 12.1 Å². The molecule has 0 atom stereocenters. The van der Waals surface area contributed by atoms with E-state index in [0.717, 1.165) is 0 Å². The van der Waals surface area contributed by atoms with Crippen LogP contribution in [0.15, 0.2) is 41.9 Å². The topological polar surface area (TPSA) is 61.7 Å². The number of carboxylic acid groups (broad SMARTS) is 1. The first-order valence-corrected chi connectivity index (χ1v) is 4.97. The summed E-state index contributed by atoms with van der Waals surface area (Å²) in [6.45, 7) is 3.95. The first-order chi connectivity index (χ1) is 7.63. The molecule has 0 aliphatic rings. The molecular formula is C11H12CuN2NaO2S. The van der Waals surface area contributed by atoms with Crippen LogP contribution in [0, 0.1) is 0 Å². The van der Waals surface area contributed by atoms with Gasteiger partial charge in [0, 0.05) is 5.69 Å². The van der Waals surface area contributed by atoms with Crippen LogP contribution >= 0.6 is 0 Å². The number of hydrogen-bond acceptors (Lipinski definition) is 3. The molecule has 4 nitrogen and oxygen atoms in total. The zero-order valence-corrected chi connectivity index (χ0v) is 13.6. The van der Waals surface area contributed by atoms with Crippen molar-refractivity contribution >= 4 is 29.5 Å². The second kappa shape index (κ2) is 10.6. The van der Waals surface area contributed by atoms with E-state index < -0.39 is 5.97 Å². The molecule has 0 heterocycles. The standard InChI is InChI=1S/C11H12N2O2S.Cu.Na.H/c1-2-6-12-11(16)13-9-5-3-4-8(7-9)10(14)15;;;/h2-5,7H,1,6H2,(H,14,15)(H2,12,13,16);;;/q;2*+1;-1/p-1. The van der Waals surface area contributed by atoms with E-state index in [-0.39, 0.29) is 53.6 Å².